The molecule has 98 valence electrons. The quantitative estimate of drug-likeness (QED) is 0.614. The molecular formula is C11H15N3O4. The lowest BCUT2D eigenvalue weighted by Crippen LogP contribution is -2.46. The molecule has 1 aliphatic heterocycles. The first-order valence-electron chi connectivity index (χ1n) is 5.66. The summed E-state index contributed by atoms with van der Waals surface area (Å²) < 4.78 is 7.32. The Morgan fingerprint density at radius 2 is 1.83 bits per heavy atom. The number of hydrogen-bond donors (Lipinski definition) is 0. The molecule has 0 aliphatic carbocycles. The summed E-state index contributed by atoms with van der Waals surface area (Å²) in [7, 11) is 2.87. The van der Waals surface area contributed by atoms with Crippen molar-refractivity contribution in [3.05, 3.63) is 32.6 Å². The van der Waals surface area contributed by atoms with E-state index >= 15 is 0 Å². The number of hydrogen-bond acceptors (Lipinski definition) is 4. The van der Waals surface area contributed by atoms with Crippen LogP contribution in [0.4, 0.5) is 0 Å². The van der Waals surface area contributed by atoms with Crippen LogP contribution in [-0.4, -0.2) is 46.2 Å². The first-order chi connectivity index (χ1) is 8.52. The van der Waals surface area contributed by atoms with E-state index in [0.717, 1.165) is 4.57 Å². The topological polar surface area (TPSA) is 73.5 Å². The first kappa shape index (κ1) is 12.6. The Kier molecular flexibility index (Phi) is 3.33. The minimum absolute atomic E-state index is 0.0153. The third kappa shape index (κ3) is 2.08. The van der Waals surface area contributed by atoms with Crippen LogP contribution in [0, 0.1) is 0 Å². The minimum Gasteiger partial charge on any atom is -0.378 e. The maximum absolute atomic E-state index is 12.2. The molecule has 0 unspecified atom stereocenters. The van der Waals surface area contributed by atoms with Crippen LogP contribution in [0.2, 0.25) is 0 Å². The molecule has 0 radical (unpaired) electrons. The molecule has 0 aromatic carbocycles. The van der Waals surface area contributed by atoms with Crippen LogP contribution in [-0.2, 0) is 18.8 Å². The van der Waals surface area contributed by atoms with Crippen molar-refractivity contribution in [2.75, 3.05) is 26.3 Å². The largest absolute Gasteiger partial charge is 0.378 e. The van der Waals surface area contributed by atoms with Crippen molar-refractivity contribution < 1.29 is 9.53 Å². The zero-order chi connectivity index (χ0) is 13.3. The average Bonchev–Trinajstić information content (AvgIpc) is 2.41. The average molecular weight is 253 g/mol. The summed E-state index contributed by atoms with van der Waals surface area (Å²) in [5, 5.41) is 0. The molecule has 1 aliphatic rings. The number of amides is 1. The van der Waals surface area contributed by atoms with E-state index in [9.17, 15) is 14.4 Å². The van der Waals surface area contributed by atoms with Gasteiger partial charge < -0.3 is 14.2 Å². The molecule has 0 atom stereocenters. The van der Waals surface area contributed by atoms with Crippen molar-refractivity contribution in [1.29, 1.82) is 0 Å². The standard InChI is InChI=1S/C11H15N3O4/c1-12-7-8(9(15)13(2)11(12)17)10(16)14-3-5-18-6-4-14/h7H,3-6H2,1-2H3. The van der Waals surface area contributed by atoms with E-state index in [2.05, 4.69) is 0 Å². The van der Waals surface area contributed by atoms with E-state index in [4.69, 9.17) is 4.74 Å². The van der Waals surface area contributed by atoms with Gasteiger partial charge >= 0.3 is 5.69 Å². The Hall–Kier alpha value is -1.89. The molecule has 1 aromatic heterocycles. The third-order valence-corrected chi connectivity index (χ3v) is 2.98. The third-order valence-electron chi connectivity index (χ3n) is 2.98. The van der Waals surface area contributed by atoms with Crippen molar-refractivity contribution in [2.24, 2.45) is 14.1 Å². The summed E-state index contributed by atoms with van der Waals surface area (Å²) >= 11 is 0. The molecule has 7 nitrogen and oxygen atoms in total. The van der Waals surface area contributed by atoms with Crippen LogP contribution >= 0.6 is 0 Å². The lowest BCUT2D eigenvalue weighted by atomic mass is 10.2. The van der Waals surface area contributed by atoms with Gasteiger partial charge in [0.15, 0.2) is 0 Å². The highest BCUT2D eigenvalue weighted by atomic mass is 16.5. The minimum atomic E-state index is -0.561. The molecule has 1 saturated heterocycles. The Morgan fingerprint density at radius 3 is 2.44 bits per heavy atom. The number of rotatable bonds is 1. The molecule has 0 saturated carbocycles. The van der Waals surface area contributed by atoms with E-state index in [-0.39, 0.29) is 11.5 Å². The van der Waals surface area contributed by atoms with Crippen LogP contribution < -0.4 is 11.2 Å². The van der Waals surface area contributed by atoms with Crippen LogP contribution in [0.25, 0.3) is 0 Å². The molecular weight excluding hydrogens is 238 g/mol. The molecule has 18 heavy (non-hydrogen) atoms. The van der Waals surface area contributed by atoms with Gasteiger partial charge in [0.1, 0.15) is 5.56 Å². The van der Waals surface area contributed by atoms with Gasteiger partial charge in [-0.25, -0.2) is 4.79 Å². The summed E-state index contributed by atoms with van der Waals surface area (Å²) in [5.41, 5.74) is -0.991. The van der Waals surface area contributed by atoms with Gasteiger partial charge in [-0.15, -0.1) is 0 Å². The molecule has 7 heteroatoms. The van der Waals surface area contributed by atoms with E-state index in [1.54, 1.807) is 4.90 Å². The van der Waals surface area contributed by atoms with E-state index in [1.807, 2.05) is 0 Å². The van der Waals surface area contributed by atoms with Crippen molar-refractivity contribution in [3.63, 3.8) is 0 Å². The fraction of sp³-hybridized carbons (Fsp3) is 0.545. The molecule has 1 fully saturated rings. The summed E-state index contributed by atoms with van der Waals surface area (Å²) in [6, 6.07) is 0. The van der Waals surface area contributed by atoms with Crippen LogP contribution in [0.15, 0.2) is 15.8 Å². The fourth-order valence-corrected chi connectivity index (χ4v) is 1.89. The van der Waals surface area contributed by atoms with Gasteiger partial charge in [-0.05, 0) is 0 Å². The highest BCUT2D eigenvalue weighted by molar-refractivity contribution is 5.93. The van der Waals surface area contributed by atoms with Crippen molar-refractivity contribution in [2.45, 2.75) is 0 Å². The Bertz CT molecular complexity index is 581. The van der Waals surface area contributed by atoms with Crippen LogP contribution in [0.1, 0.15) is 10.4 Å². The van der Waals surface area contributed by atoms with Crippen molar-refractivity contribution >= 4 is 5.91 Å². The van der Waals surface area contributed by atoms with E-state index in [1.165, 1.54) is 24.9 Å². The highest BCUT2D eigenvalue weighted by Crippen LogP contribution is 2.02. The second-order valence-electron chi connectivity index (χ2n) is 4.20. The van der Waals surface area contributed by atoms with Gasteiger partial charge in [0.2, 0.25) is 0 Å². The van der Waals surface area contributed by atoms with Gasteiger partial charge in [-0.1, -0.05) is 0 Å². The highest BCUT2D eigenvalue weighted by Gasteiger charge is 2.22. The summed E-state index contributed by atoms with van der Waals surface area (Å²) in [4.78, 5) is 37.2. The van der Waals surface area contributed by atoms with Crippen molar-refractivity contribution in [3.8, 4) is 0 Å². The van der Waals surface area contributed by atoms with E-state index in [0.29, 0.717) is 26.3 Å². The Balaban J connectivity index is 2.42. The molecule has 1 amide bonds. The second-order valence-corrected chi connectivity index (χ2v) is 4.20. The van der Waals surface area contributed by atoms with Crippen molar-refractivity contribution in [1.82, 2.24) is 14.0 Å². The Morgan fingerprint density at radius 1 is 1.22 bits per heavy atom. The number of carbonyl (C=O) groups is 1. The zero-order valence-electron chi connectivity index (χ0n) is 10.4. The molecule has 0 spiro atoms. The summed E-state index contributed by atoms with van der Waals surface area (Å²) in [6.07, 6.45) is 1.29. The van der Waals surface area contributed by atoms with Gasteiger partial charge in [0.25, 0.3) is 11.5 Å². The van der Waals surface area contributed by atoms with Gasteiger partial charge in [-0.3, -0.25) is 14.2 Å². The molecule has 1 aromatic rings. The number of aryl methyl sites for hydroxylation is 1. The van der Waals surface area contributed by atoms with Crippen LogP contribution in [0.5, 0.6) is 0 Å². The zero-order valence-corrected chi connectivity index (χ0v) is 10.4. The summed E-state index contributed by atoms with van der Waals surface area (Å²) in [6.45, 7) is 1.87. The normalized spacial score (nSPS) is 15.8. The Labute approximate surface area is 103 Å². The number of aromatic nitrogens is 2. The number of morpholine rings is 1. The van der Waals surface area contributed by atoms with E-state index < -0.39 is 11.2 Å². The number of nitrogens with zero attached hydrogens (tertiary/aromatic N) is 3. The fourth-order valence-electron chi connectivity index (χ4n) is 1.89. The summed E-state index contributed by atoms with van der Waals surface area (Å²) in [5.74, 6) is -0.352. The van der Waals surface area contributed by atoms with Gasteiger partial charge in [-0.2, -0.15) is 0 Å². The molecule has 2 heterocycles. The number of carbonyl (C=O) groups excluding carboxylic acids is 1. The first-order valence-corrected chi connectivity index (χ1v) is 5.66. The predicted molar refractivity (Wildman–Crippen MR) is 63.6 cm³/mol. The van der Waals surface area contributed by atoms with Gasteiger partial charge in [0, 0.05) is 33.4 Å². The monoisotopic (exact) mass is 253 g/mol. The second kappa shape index (κ2) is 4.77. The lowest BCUT2D eigenvalue weighted by molar-refractivity contribution is 0.0300. The van der Waals surface area contributed by atoms with Crippen LogP contribution in [0.3, 0.4) is 0 Å². The number of ether oxygens (including phenoxy) is 1. The molecule has 0 N–H and O–H groups in total. The smallest absolute Gasteiger partial charge is 0.330 e. The predicted octanol–water partition coefficient (Wildman–Crippen LogP) is -1.44. The lowest BCUT2D eigenvalue weighted by Gasteiger charge is -2.26. The van der Waals surface area contributed by atoms with Gasteiger partial charge in [0.05, 0.1) is 13.2 Å². The molecule has 0 bridgehead atoms. The maximum atomic E-state index is 12.2. The maximum Gasteiger partial charge on any atom is 0.330 e. The molecule has 2 rings (SSSR count). The SMILES string of the molecule is Cn1cc(C(=O)N2CCOCC2)c(=O)n(C)c1=O.